The zero-order chi connectivity index (χ0) is 88.1. The fraction of sp³-hybridized carbons (Fsp3) is 0.348. The number of ether oxygens (including phenoxy) is 4. The van der Waals surface area contributed by atoms with E-state index in [-0.39, 0.29) is 88.6 Å². The van der Waals surface area contributed by atoms with Crippen molar-refractivity contribution in [3.63, 3.8) is 0 Å². The molecule has 8 aromatic rings. The number of hydrogen-bond acceptors (Lipinski definition) is 24. The Balaban J connectivity index is 0.000000393. The van der Waals surface area contributed by atoms with E-state index < -0.39 is 41.9 Å². The molecular formula is C92H120N4O20P4. The summed E-state index contributed by atoms with van der Waals surface area (Å²) in [5.74, 6) is -3.11. The van der Waals surface area contributed by atoms with Crippen LogP contribution in [0.5, 0.6) is 0 Å². The summed E-state index contributed by atoms with van der Waals surface area (Å²) in [5.41, 5.74) is 10.3. The van der Waals surface area contributed by atoms with Crippen molar-refractivity contribution in [1.82, 2.24) is 0 Å². The van der Waals surface area contributed by atoms with Crippen LogP contribution in [0, 0.1) is 0 Å². The molecule has 0 radical (unpaired) electrons. The zero-order valence-corrected chi connectivity index (χ0v) is 74.9. The Labute approximate surface area is 710 Å². The third-order valence-electron chi connectivity index (χ3n) is 15.7. The molecule has 0 aliphatic heterocycles. The molecule has 8 aromatic carbocycles. The molecule has 648 valence electrons. The van der Waals surface area contributed by atoms with Gasteiger partial charge in [-0.15, -0.1) is 0 Å². The fourth-order valence-corrected chi connectivity index (χ4v) is 17.2. The molecule has 0 bridgehead atoms. The molecule has 8 rings (SSSR count). The summed E-state index contributed by atoms with van der Waals surface area (Å²) >= 11 is 0. The van der Waals surface area contributed by atoms with Gasteiger partial charge in [0, 0.05) is 69.5 Å². The largest absolute Gasteiger partial charge is 0.466 e. The van der Waals surface area contributed by atoms with Crippen LogP contribution in [0.1, 0.15) is 153 Å². The molecule has 0 aromatic heterocycles. The van der Waals surface area contributed by atoms with Crippen molar-refractivity contribution in [1.29, 1.82) is 0 Å². The summed E-state index contributed by atoms with van der Waals surface area (Å²) in [6.45, 7) is 31.3. The third kappa shape index (κ3) is 40.2. The second-order valence-corrected chi connectivity index (χ2v) is 32.8. The van der Waals surface area contributed by atoms with E-state index in [1.807, 2.05) is 243 Å². The van der Waals surface area contributed by atoms with E-state index >= 15 is 0 Å². The minimum absolute atomic E-state index is 0.00774. The highest BCUT2D eigenvalue weighted by Crippen LogP contribution is 2.57. The quantitative estimate of drug-likeness (QED) is 0.0113. The number of aliphatic imine (C=N–C) groups is 4. The first-order chi connectivity index (χ1) is 58.1. The average molecular weight is 1730 g/mol. The minimum Gasteiger partial charge on any atom is -0.466 e. The van der Waals surface area contributed by atoms with Gasteiger partial charge in [-0.3, -0.25) is 47.8 Å². The van der Waals surface area contributed by atoms with E-state index in [1.165, 1.54) is 0 Å². The predicted octanol–water partition coefficient (Wildman–Crippen LogP) is 21.9. The summed E-state index contributed by atoms with van der Waals surface area (Å²) in [7, 11) is -13.6. The lowest BCUT2D eigenvalue weighted by Gasteiger charge is -2.24. The van der Waals surface area contributed by atoms with E-state index in [9.17, 15) is 37.4 Å². The summed E-state index contributed by atoms with van der Waals surface area (Å²) in [5, 5.41) is 0. The van der Waals surface area contributed by atoms with E-state index in [0.717, 1.165) is 68.1 Å². The van der Waals surface area contributed by atoms with Gasteiger partial charge in [-0.1, -0.05) is 256 Å². The summed E-state index contributed by atoms with van der Waals surface area (Å²) in [6.07, 6.45) is 2.83. The molecule has 0 spiro atoms. The lowest BCUT2D eigenvalue weighted by Crippen LogP contribution is -2.17. The molecule has 0 aliphatic carbocycles. The van der Waals surface area contributed by atoms with Gasteiger partial charge < -0.3 is 55.1 Å². The molecule has 0 saturated carbocycles. The van der Waals surface area contributed by atoms with Crippen molar-refractivity contribution in [2.24, 2.45) is 20.0 Å². The molecule has 0 heterocycles. The normalized spacial score (nSPS) is 11.3. The van der Waals surface area contributed by atoms with Gasteiger partial charge in [0.2, 0.25) is 0 Å². The molecule has 0 amide bonds. The molecule has 0 N–H and O–H groups in total. The first-order valence-electron chi connectivity index (χ1n) is 40.2. The van der Waals surface area contributed by atoms with Gasteiger partial charge in [0.15, 0.2) is 11.6 Å². The Morgan fingerprint density at radius 2 is 0.475 bits per heavy atom. The molecule has 0 saturated heterocycles. The van der Waals surface area contributed by atoms with Gasteiger partial charge in [0.25, 0.3) is 0 Å². The van der Waals surface area contributed by atoms with Crippen LogP contribution < -0.4 is 0 Å². The van der Waals surface area contributed by atoms with Crippen molar-refractivity contribution < 1.29 is 92.6 Å². The fourth-order valence-electron chi connectivity index (χ4n) is 10.8. The molecule has 1 unspecified atom stereocenters. The SMILES string of the molecule is C=CC(=O)OCC.C=CC(=O)OCC.CCOC(=O)CCC(N=C(c1ccccc1)c1ccccc1)P(=O)(OCC)OCC.CCOC(=O)CC[C@@H](N=C(c1ccccc1)c1ccccc1)P(=O)(OCC)OCC.CCOP(=O)(CN=C(c1ccccc1)c1ccccc1)OCC.CCOP(=O)(CN=C(c1ccccc1)c1ccccc1)OCC. The van der Waals surface area contributed by atoms with Gasteiger partial charge >= 0.3 is 54.3 Å². The average Bonchev–Trinajstić information content (AvgIpc) is 0.789. The second kappa shape index (κ2) is 61.7. The highest BCUT2D eigenvalue weighted by Gasteiger charge is 2.38. The third-order valence-corrected chi connectivity index (χ3v) is 24.0. The van der Waals surface area contributed by atoms with E-state index in [0.29, 0.717) is 64.3 Å². The van der Waals surface area contributed by atoms with Gasteiger partial charge in [-0.25, -0.2) is 9.59 Å². The zero-order valence-electron chi connectivity index (χ0n) is 71.3. The Kier molecular flexibility index (Phi) is 53.7. The highest BCUT2D eigenvalue weighted by atomic mass is 31.2. The molecule has 120 heavy (non-hydrogen) atoms. The molecule has 0 aliphatic rings. The van der Waals surface area contributed by atoms with E-state index in [2.05, 4.69) is 32.6 Å². The molecule has 28 heteroatoms. The van der Waals surface area contributed by atoms with Crippen LogP contribution in [0.2, 0.25) is 0 Å². The van der Waals surface area contributed by atoms with Gasteiger partial charge in [0.1, 0.15) is 12.6 Å². The Morgan fingerprint density at radius 1 is 0.283 bits per heavy atom. The summed E-state index contributed by atoms with van der Waals surface area (Å²) in [6, 6.07) is 78.0. The van der Waals surface area contributed by atoms with Crippen molar-refractivity contribution in [2.45, 2.75) is 120 Å². The molecule has 2 atom stereocenters. The maximum Gasteiger partial charge on any atom is 0.354 e. The van der Waals surface area contributed by atoms with E-state index in [1.54, 1.807) is 83.1 Å². The van der Waals surface area contributed by atoms with Gasteiger partial charge in [0.05, 0.1) is 102 Å². The summed E-state index contributed by atoms with van der Waals surface area (Å²) in [4.78, 5) is 63.0. The Bertz CT molecular complexity index is 4040. The van der Waals surface area contributed by atoms with Crippen LogP contribution >= 0.6 is 30.4 Å². The van der Waals surface area contributed by atoms with Crippen LogP contribution in [-0.2, 0) is 92.6 Å². The number of benzene rings is 8. The van der Waals surface area contributed by atoms with Gasteiger partial charge in [-0.2, -0.15) is 0 Å². The van der Waals surface area contributed by atoms with Crippen molar-refractivity contribution >= 4 is 77.1 Å². The molecule has 24 nitrogen and oxygen atoms in total. The van der Waals surface area contributed by atoms with Crippen LogP contribution in [0.15, 0.2) is 288 Å². The molecule has 0 fully saturated rings. The summed E-state index contributed by atoms with van der Waals surface area (Å²) < 4.78 is 115. The first-order valence-corrected chi connectivity index (χ1v) is 46.8. The topological polar surface area (TPSA) is 297 Å². The number of nitrogens with zero attached hydrogens (tertiary/aromatic N) is 4. The maximum absolute atomic E-state index is 13.6. The lowest BCUT2D eigenvalue weighted by molar-refractivity contribution is -0.144. The highest BCUT2D eigenvalue weighted by molar-refractivity contribution is 7.55. The van der Waals surface area contributed by atoms with Crippen LogP contribution in [0.4, 0.5) is 0 Å². The number of esters is 4. The van der Waals surface area contributed by atoms with Crippen molar-refractivity contribution in [3.8, 4) is 0 Å². The van der Waals surface area contributed by atoms with Crippen molar-refractivity contribution in [3.05, 3.63) is 312 Å². The predicted molar refractivity (Wildman–Crippen MR) is 480 cm³/mol. The van der Waals surface area contributed by atoms with Crippen LogP contribution in [0.25, 0.3) is 0 Å². The van der Waals surface area contributed by atoms with Gasteiger partial charge in [-0.05, 0) is 95.9 Å². The smallest absolute Gasteiger partial charge is 0.354 e. The van der Waals surface area contributed by atoms with Crippen LogP contribution in [-0.4, -0.2) is 150 Å². The number of carbonyl (C=O) groups excluding carboxylic acids is 4. The maximum atomic E-state index is 13.6. The number of hydrogen-bond donors (Lipinski definition) is 0. The monoisotopic (exact) mass is 1720 g/mol. The number of carbonyl (C=O) groups is 4. The van der Waals surface area contributed by atoms with E-state index in [4.69, 9.17) is 55.6 Å². The van der Waals surface area contributed by atoms with Crippen LogP contribution in [0.3, 0.4) is 0 Å². The first kappa shape index (κ1) is 105. The number of rotatable bonds is 44. The Hall–Kier alpha value is -9.60. The molecular weight excluding hydrogens is 1600 g/mol. The van der Waals surface area contributed by atoms with Crippen molar-refractivity contribution in [2.75, 3.05) is 91.9 Å². The Morgan fingerprint density at radius 3 is 0.642 bits per heavy atom. The standard InChI is InChI=1S/2C23H30NO5P.2C18H22NO3P.2C5H8O2/c2*1-4-27-22(25)18-17-21(30(26,28-5-2)29-6-3)24-23(19-13-9-7-10-14-19)20-15-11-8-12-16-20;2*1-3-21-23(20,22-4-2)15-19-18(16-11-7-5-8-12-16)17-13-9-6-10-14-17;2*1-3-5(6)7-4-2/h2*7-16,21H,4-6,17-18H2,1-3H3;2*5-14H,3-4,15H2,1-2H3;2*3H,1,4H2,2H3/t21-;;;;;/m0...../s1. The minimum atomic E-state index is -3.59. The second-order valence-electron chi connectivity index (χ2n) is 24.4. The lowest BCUT2D eigenvalue weighted by atomic mass is 10.0.